The lowest BCUT2D eigenvalue weighted by molar-refractivity contribution is -0.122. The van der Waals surface area contributed by atoms with Crippen LogP contribution in [0.25, 0.3) is 0 Å². The number of fused-ring (bicyclic) bond motifs is 1. The van der Waals surface area contributed by atoms with Crippen molar-refractivity contribution >= 4 is 15.9 Å². The fraction of sp³-hybridized carbons (Fsp3) is 0.300. The number of hydrogen-bond acceptors (Lipinski definition) is 4. The smallest absolute Gasteiger partial charge is 0.243 e. The summed E-state index contributed by atoms with van der Waals surface area (Å²) in [7, 11) is -2.42. The molecule has 0 saturated heterocycles. The minimum atomic E-state index is -3.80. The molecule has 7 heteroatoms. The van der Waals surface area contributed by atoms with E-state index in [-0.39, 0.29) is 23.4 Å². The minimum absolute atomic E-state index is 0.0554. The van der Waals surface area contributed by atoms with Gasteiger partial charge in [-0.1, -0.05) is 24.3 Å². The molecule has 0 bridgehead atoms. The van der Waals surface area contributed by atoms with Gasteiger partial charge in [0.15, 0.2) is 0 Å². The van der Waals surface area contributed by atoms with Crippen LogP contribution < -0.4 is 5.32 Å². The van der Waals surface area contributed by atoms with Gasteiger partial charge in [0.2, 0.25) is 15.9 Å². The first-order chi connectivity index (χ1) is 12.9. The highest BCUT2D eigenvalue weighted by molar-refractivity contribution is 7.89. The quantitative estimate of drug-likeness (QED) is 0.858. The summed E-state index contributed by atoms with van der Waals surface area (Å²) >= 11 is 0. The molecule has 1 unspecified atom stereocenters. The van der Waals surface area contributed by atoms with Crippen LogP contribution in [-0.4, -0.2) is 32.2 Å². The summed E-state index contributed by atoms with van der Waals surface area (Å²) in [6.07, 6.45) is 2.83. The molecule has 0 aliphatic heterocycles. The summed E-state index contributed by atoms with van der Waals surface area (Å²) in [6.45, 7) is -0.263. The number of nitrogens with one attached hydrogen (secondary N) is 1. The SMILES string of the molecule is CN(CC(=O)NC1CCCc2ccccc21)S(=O)(=O)c1ccc(C#N)cc1. The van der Waals surface area contributed by atoms with E-state index in [4.69, 9.17) is 5.26 Å². The Morgan fingerprint density at radius 1 is 1.22 bits per heavy atom. The fourth-order valence-electron chi connectivity index (χ4n) is 3.31. The molecule has 140 valence electrons. The normalized spacial score (nSPS) is 16.4. The third-order valence-corrected chi connectivity index (χ3v) is 6.58. The van der Waals surface area contributed by atoms with Crippen LogP contribution in [0.2, 0.25) is 0 Å². The van der Waals surface area contributed by atoms with E-state index in [2.05, 4.69) is 11.4 Å². The Morgan fingerprint density at radius 2 is 1.93 bits per heavy atom. The zero-order valence-electron chi connectivity index (χ0n) is 15.1. The maximum atomic E-state index is 12.6. The van der Waals surface area contributed by atoms with Gasteiger partial charge >= 0.3 is 0 Å². The topological polar surface area (TPSA) is 90.3 Å². The second kappa shape index (κ2) is 7.91. The van der Waals surface area contributed by atoms with Crippen molar-refractivity contribution in [1.82, 2.24) is 9.62 Å². The third-order valence-electron chi connectivity index (χ3n) is 4.76. The lowest BCUT2D eigenvalue weighted by Gasteiger charge is -2.27. The molecule has 0 spiro atoms. The molecule has 2 aromatic carbocycles. The summed E-state index contributed by atoms with van der Waals surface area (Å²) in [5, 5.41) is 11.8. The highest BCUT2D eigenvalue weighted by Gasteiger charge is 2.26. The fourth-order valence-corrected chi connectivity index (χ4v) is 4.44. The maximum Gasteiger partial charge on any atom is 0.243 e. The molecule has 3 rings (SSSR count). The van der Waals surface area contributed by atoms with E-state index in [1.54, 1.807) is 0 Å². The van der Waals surface area contributed by atoms with Gasteiger partial charge in [-0.2, -0.15) is 9.57 Å². The first-order valence-electron chi connectivity index (χ1n) is 8.75. The molecule has 0 heterocycles. The van der Waals surface area contributed by atoms with Crippen molar-refractivity contribution in [3.05, 3.63) is 65.2 Å². The number of amides is 1. The molecule has 1 N–H and O–H groups in total. The lowest BCUT2D eigenvalue weighted by Crippen LogP contribution is -2.40. The van der Waals surface area contributed by atoms with Gasteiger partial charge in [0.25, 0.3) is 0 Å². The molecule has 2 aromatic rings. The van der Waals surface area contributed by atoms with Crippen LogP contribution in [-0.2, 0) is 21.2 Å². The van der Waals surface area contributed by atoms with Crippen molar-refractivity contribution in [2.75, 3.05) is 13.6 Å². The lowest BCUT2D eigenvalue weighted by atomic mass is 9.88. The van der Waals surface area contributed by atoms with Crippen molar-refractivity contribution in [2.24, 2.45) is 0 Å². The zero-order valence-corrected chi connectivity index (χ0v) is 15.9. The number of likely N-dealkylation sites (N-methyl/N-ethyl adjacent to an activating group) is 1. The van der Waals surface area contributed by atoms with Gasteiger partial charge in [-0.15, -0.1) is 0 Å². The number of carbonyl (C=O) groups excluding carboxylic acids is 1. The molecule has 0 aromatic heterocycles. The van der Waals surface area contributed by atoms with Gasteiger partial charge in [-0.05, 0) is 54.7 Å². The van der Waals surface area contributed by atoms with Crippen LogP contribution in [0.5, 0.6) is 0 Å². The Kier molecular flexibility index (Phi) is 5.59. The van der Waals surface area contributed by atoms with E-state index in [9.17, 15) is 13.2 Å². The van der Waals surface area contributed by atoms with E-state index in [0.29, 0.717) is 5.56 Å². The predicted molar refractivity (Wildman–Crippen MR) is 101 cm³/mol. The summed E-state index contributed by atoms with van der Waals surface area (Å²) < 4.78 is 26.3. The number of aryl methyl sites for hydroxylation is 1. The van der Waals surface area contributed by atoms with Gasteiger partial charge < -0.3 is 5.32 Å². The van der Waals surface area contributed by atoms with Crippen LogP contribution in [0.4, 0.5) is 0 Å². The Bertz CT molecular complexity index is 978. The van der Waals surface area contributed by atoms with Gasteiger partial charge in [0.05, 0.1) is 29.1 Å². The Hall–Kier alpha value is -2.69. The average Bonchev–Trinajstić information content (AvgIpc) is 2.68. The maximum absolute atomic E-state index is 12.6. The molecule has 27 heavy (non-hydrogen) atoms. The molecule has 1 amide bonds. The molecular formula is C20H21N3O3S. The first-order valence-corrected chi connectivity index (χ1v) is 10.2. The Labute approximate surface area is 159 Å². The van der Waals surface area contributed by atoms with E-state index in [1.165, 1.54) is 36.9 Å². The standard InChI is InChI=1S/C20H21N3O3S/c1-23(27(25,26)17-11-9-15(13-21)10-12-17)14-20(24)22-19-8-4-6-16-5-2-3-7-18(16)19/h2-3,5,7,9-12,19H,4,6,8,14H2,1H3,(H,22,24). The molecule has 1 atom stereocenters. The summed E-state index contributed by atoms with van der Waals surface area (Å²) in [5.74, 6) is -0.337. The Balaban J connectivity index is 1.68. The number of sulfonamides is 1. The van der Waals surface area contributed by atoms with Crippen molar-refractivity contribution in [2.45, 2.75) is 30.2 Å². The zero-order chi connectivity index (χ0) is 19.4. The van der Waals surface area contributed by atoms with Gasteiger partial charge in [-0.3, -0.25) is 4.79 Å². The Morgan fingerprint density at radius 3 is 2.63 bits per heavy atom. The first kappa shape index (κ1) is 19.1. The number of nitrogens with zero attached hydrogens (tertiary/aromatic N) is 2. The molecule has 1 aliphatic rings. The monoisotopic (exact) mass is 383 g/mol. The van der Waals surface area contributed by atoms with Gasteiger partial charge in [0, 0.05) is 7.05 Å². The second-order valence-corrected chi connectivity index (χ2v) is 8.65. The van der Waals surface area contributed by atoms with Gasteiger partial charge in [0.1, 0.15) is 0 Å². The van der Waals surface area contributed by atoms with Crippen LogP contribution in [0, 0.1) is 11.3 Å². The van der Waals surface area contributed by atoms with Crippen LogP contribution in [0.3, 0.4) is 0 Å². The van der Waals surface area contributed by atoms with Gasteiger partial charge in [-0.25, -0.2) is 8.42 Å². The van der Waals surface area contributed by atoms with E-state index in [1.807, 2.05) is 24.3 Å². The van der Waals surface area contributed by atoms with Crippen molar-refractivity contribution in [3.63, 3.8) is 0 Å². The second-order valence-electron chi connectivity index (χ2n) is 6.61. The third kappa shape index (κ3) is 4.18. The molecule has 6 nitrogen and oxygen atoms in total. The molecular weight excluding hydrogens is 362 g/mol. The highest BCUT2D eigenvalue weighted by Crippen LogP contribution is 2.29. The van der Waals surface area contributed by atoms with Crippen molar-refractivity contribution in [3.8, 4) is 6.07 Å². The number of hydrogen-bond donors (Lipinski definition) is 1. The minimum Gasteiger partial charge on any atom is -0.348 e. The van der Waals surface area contributed by atoms with E-state index in [0.717, 1.165) is 29.1 Å². The number of carbonyl (C=O) groups is 1. The highest BCUT2D eigenvalue weighted by atomic mass is 32.2. The van der Waals surface area contributed by atoms with Crippen LogP contribution in [0.1, 0.15) is 35.6 Å². The summed E-state index contributed by atoms with van der Waals surface area (Å²) in [4.78, 5) is 12.5. The van der Waals surface area contributed by atoms with Crippen LogP contribution >= 0.6 is 0 Å². The summed E-state index contributed by atoms with van der Waals surface area (Å²) in [6, 6.07) is 15.5. The van der Waals surface area contributed by atoms with E-state index >= 15 is 0 Å². The van der Waals surface area contributed by atoms with E-state index < -0.39 is 10.0 Å². The predicted octanol–water partition coefficient (Wildman–Crippen LogP) is 2.37. The molecule has 0 radical (unpaired) electrons. The number of rotatable bonds is 5. The summed E-state index contributed by atoms with van der Waals surface area (Å²) in [5.41, 5.74) is 2.72. The molecule has 0 saturated carbocycles. The largest absolute Gasteiger partial charge is 0.348 e. The average molecular weight is 383 g/mol. The number of nitriles is 1. The van der Waals surface area contributed by atoms with Crippen molar-refractivity contribution < 1.29 is 13.2 Å². The number of benzene rings is 2. The van der Waals surface area contributed by atoms with Crippen molar-refractivity contribution in [1.29, 1.82) is 5.26 Å². The van der Waals surface area contributed by atoms with Crippen LogP contribution in [0.15, 0.2) is 53.4 Å². The molecule has 1 aliphatic carbocycles. The molecule has 0 fully saturated rings.